The monoisotopic (exact) mass is 383 g/mol. The number of rotatable bonds is 9. The number of aliphatic hydroxyl groups excluding tert-OH is 1. The van der Waals surface area contributed by atoms with Crippen LogP contribution >= 0.6 is 0 Å². The second-order valence-electron chi connectivity index (χ2n) is 7.40. The predicted octanol–water partition coefficient (Wildman–Crippen LogP) is 3.53. The van der Waals surface area contributed by atoms with Crippen molar-refractivity contribution in [3.8, 4) is 11.5 Å². The molecule has 1 aliphatic rings. The Kier molecular flexibility index (Phi) is 7.31. The second-order valence-corrected chi connectivity index (χ2v) is 7.40. The predicted molar refractivity (Wildman–Crippen MR) is 108 cm³/mol. The van der Waals surface area contributed by atoms with E-state index in [1.54, 1.807) is 0 Å². The Morgan fingerprint density at radius 1 is 0.964 bits per heavy atom. The lowest BCUT2D eigenvalue weighted by atomic mass is 9.78. The lowest BCUT2D eigenvalue weighted by Crippen LogP contribution is -2.48. The van der Waals surface area contributed by atoms with Gasteiger partial charge in [0.25, 0.3) is 0 Å². The molecule has 0 saturated carbocycles. The van der Waals surface area contributed by atoms with Gasteiger partial charge in [-0.3, -0.25) is 4.79 Å². The van der Waals surface area contributed by atoms with E-state index in [2.05, 4.69) is 0 Å². The number of carbonyl (C=O) groups excluding carboxylic acids is 1. The molecule has 0 spiro atoms. The van der Waals surface area contributed by atoms with Crippen LogP contribution in [0.15, 0.2) is 60.7 Å². The summed E-state index contributed by atoms with van der Waals surface area (Å²) in [6.07, 6.45) is 2.88. The number of nitrogens with zero attached hydrogens (tertiary/aromatic N) is 1. The SMILES string of the molecule is O=C(CCOc1ccccc1)N1CCC[C@](CO)(CCOc2ccccc2)C1. The summed E-state index contributed by atoms with van der Waals surface area (Å²) in [5.74, 6) is 1.69. The van der Waals surface area contributed by atoms with Gasteiger partial charge in [-0.15, -0.1) is 0 Å². The molecule has 5 nitrogen and oxygen atoms in total. The van der Waals surface area contributed by atoms with E-state index < -0.39 is 0 Å². The number of amides is 1. The normalized spacial score (nSPS) is 19.2. The Morgan fingerprint density at radius 2 is 1.57 bits per heavy atom. The lowest BCUT2D eigenvalue weighted by Gasteiger charge is -2.42. The van der Waals surface area contributed by atoms with Crippen molar-refractivity contribution in [3.05, 3.63) is 60.7 Å². The highest BCUT2D eigenvalue weighted by Crippen LogP contribution is 2.33. The maximum atomic E-state index is 12.6. The molecule has 0 bridgehead atoms. The van der Waals surface area contributed by atoms with Crippen molar-refractivity contribution >= 4 is 5.91 Å². The maximum absolute atomic E-state index is 12.6. The summed E-state index contributed by atoms with van der Waals surface area (Å²) in [5, 5.41) is 10.0. The molecule has 2 aromatic rings. The van der Waals surface area contributed by atoms with E-state index in [1.807, 2.05) is 65.6 Å². The first-order valence-corrected chi connectivity index (χ1v) is 9.95. The van der Waals surface area contributed by atoms with E-state index in [1.165, 1.54) is 0 Å². The van der Waals surface area contributed by atoms with Gasteiger partial charge < -0.3 is 19.5 Å². The first-order valence-electron chi connectivity index (χ1n) is 9.95. The number of aliphatic hydroxyl groups is 1. The molecular formula is C23H29NO4. The van der Waals surface area contributed by atoms with Crippen LogP contribution in [0.2, 0.25) is 0 Å². The van der Waals surface area contributed by atoms with Crippen LogP contribution in [0.3, 0.4) is 0 Å². The number of hydrogen-bond donors (Lipinski definition) is 1. The van der Waals surface area contributed by atoms with Crippen molar-refractivity contribution in [3.63, 3.8) is 0 Å². The van der Waals surface area contributed by atoms with E-state index >= 15 is 0 Å². The van der Waals surface area contributed by atoms with E-state index in [0.717, 1.165) is 37.3 Å². The van der Waals surface area contributed by atoms with Gasteiger partial charge in [-0.1, -0.05) is 36.4 Å². The first-order chi connectivity index (χ1) is 13.7. The van der Waals surface area contributed by atoms with Gasteiger partial charge in [0.1, 0.15) is 11.5 Å². The van der Waals surface area contributed by atoms with Crippen LogP contribution in [0.1, 0.15) is 25.7 Å². The third kappa shape index (κ3) is 5.73. The van der Waals surface area contributed by atoms with Crippen LogP contribution in [-0.4, -0.2) is 48.8 Å². The quantitative estimate of drug-likeness (QED) is 0.720. The summed E-state index contributed by atoms with van der Waals surface area (Å²) in [7, 11) is 0. The molecule has 2 aromatic carbocycles. The zero-order valence-corrected chi connectivity index (χ0v) is 16.3. The number of para-hydroxylation sites is 2. The Labute approximate surface area is 166 Å². The zero-order chi connectivity index (χ0) is 19.7. The van der Waals surface area contributed by atoms with Gasteiger partial charge in [-0.05, 0) is 43.5 Å². The largest absolute Gasteiger partial charge is 0.494 e. The summed E-state index contributed by atoms with van der Waals surface area (Å²) >= 11 is 0. The minimum Gasteiger partial charge on any atom is -0.494 e. The van der Waals surface area contributed by atoms with Crippen LogP contribution in [-0.2, 0) is 4.79 Å². The van der Waals surface area contributed by atoms with Crippen LogP contribution in [0.5, 0.6) is 11.5 Å². The van der Waals surface area contributed by atoms with Gasteiger partial charge in [-0.2, -0.15) is 0 Å². The molecule has 1 N–H and O–H groups in total. The highest BCUT2D eigenvalue weighted by atomic mass is 16.5. The molecular weight excluding hydrogens is 354 g/mol. The molecule has 1 atom stereocenters. The van der Waals surface area contributed by atoms with Crippen molar-refractivity contribution in [2.45, 2.75) is 25.7 Å². The molecule has 150 valence electrons. The first kappa shape index (κ1) is 20.2. The summed E-state index contributed by atoms with van der Waals surface area (Å²) < 4.78 is 11.5. The molecule has 28 heavy (non-hydrogen) atoms. The van der Waals surface area contributed by atoms with E-state index in [-0.39, 0.29) is 17.9 Å². The summed E-state index contributed by atoms with van der Waals surface area (Å²) in [4.78, 5) is 14.5. The molecule has 1 amide bonds. The molecule has 5 heteroatoms. The Hall–Kier alpha value is -2.53. The number of hydrogen-bond acceptors (Lipinski definition) is 4. The van der Waals surface area contributed by atoms with Gasteiger partial charge >= 0.3 is 0 Å². The molecule has 1 fully saturated rings. The molecule has 1 saturated heterocycles. The number of carbonyl (C=O) groups is 1. The Morgan fingerprint density at radius 3 is 2.18 bits per heavy atom. The molecule has 0 radical (unpaired) electrons. The minimum atomic E-state index is -0.289. The van der Waals surface area contributed by atoms with Gasteiger partial charge in [0.05, 0.1) is 26.2 Å². The van der Waals surface area contributed by atoms with E-state index in [0.29, 0.717) is 26.2 Å². The number of ether oxygens (including phenoxy) is 2. The second kappa shape index (κ2) is 10.1. The van der Waals surface area contributed by atoms with Crippen LogP contribution in [0.25, 0.3) is 0 Å². The van der Waals surface area contributed by atoms with Gasteiger partial charge in [-0.25, -0.2) is 0 Å². The highest BCUT2D eigenvalue weighted by molar-refractivity contribution is 5.76. The fraction of sp³-hybridized carbons (Fsp3) is 0.435. The van der Waals surface area contributed by atoms with Crippen molar-refractivity contribution in [2.75, 3.05) is 32.9 Å². The Bertz CT molecular complexity index is 722. The van der Waals surface area contributed by atoms with Crippen molar-refractivity contribution in [2.24, 2.45) is 5.41 Å². The van der Waals surface area contributed by atoms with Crippen molar-refractivity contribution in [1.29, 1.82) is 0 Å². The van der Waals surface area contributed by atoms with Gasteiger partial charge in [0, 0.05) is 18.5 Å². The summed E-state index contributed by atoms with van der Waals surface area (Å²) in [6.45, 7) is 2.28. The van der Waals surface area contributed by atoms with Crippen LogP contribution in [0, 0.1) is 5.41 Å². The Balaban J connectivity index is 1.47. The smallest absolute Gasteiger partial charge is 0.226 e. The van der Waals surface area contributed by atoms with E-state index in [9.17, 15) is 9.90 Å². The maximum Gasteiger partial charge on any atom is 0.226 e. The topological polar surface area (TPSA) is 59.0 Å². The lowest BCUT2D eigenvalue weighted by molar-refractivity contribution is -0.136. The van der Waals surface area contributed by atoms with Gasteiger partial charge in [0.15, 0.2) is 0 Å². The zero-order valence-electron chi connectivity index (χ0n) is 16.3. The van der Waals surface area contributed by atoms with Crippen molar-refractivity contribution < 1.29 is 19.4 Å². The average Bonchev–Trinajstić information content (AvgIpc) is 2.75. The van der Waals surface area contributed by atoms with E-state index in [4.69, 9.17) is 9.47 Å². The van der Waals surface area contributed by atoms with Crippen LogP contribution < -0.4 is 9.47 Å². The number of likely N-dealkylation sites (tertiary alicyclic amines) is 1. The molecule has 3 rings (SSSR count). The van der Waals surface area contributed by atoms with Gasteiger partial charge in [0.2, 0.25) is 5.91 Å². The fourth-order valence-corrected chi connectivity index (χ4v) is 3.67. The minimum absolute atomic E-state index is 0.0649. The molecule has 0 unspecified atom stereocenters. The summed E-state index contributed by atoms with van der Waals surface area (Å²) in [6, 6.07) is 19.2. The van der Waals surface area contributed by atoms with Crippen LogP contribution in [0.4, 0.5) is 0 Å². The molecule has 0 aliphatic carbocycles. The number of benzene rings is 2. The van der Waals surface area contributed by atoms with Crippen molar-refractivity contribution in [1.82, 2.24) is 4.90 Å². The standard InChI is InChI=1S/C23H29NO4/c25-19-23(14-17-28-21-10-5-2-6-11-21)13-7-15-24(18-23)22(26)12-16-27-20-8-3-1-4-9-20/h1-6,8-11,25H,7,12-19H2/t23-/m0/s1. The molecule has 0 aromatic heterocycles. The molecule has 1 aliphatic heterocycles. The third-order valence-electron chi connectivity index (χ3n) is 5.32. The number of piperidine rings is 1. The third-order valence-corrected chi connectivity index (χ3v) is 5.32. The molecule has 1 heterocycles. The summed E-state index contributed by atoms with van der Waals surface area (Å²) in [5.41, 5.74) is -0.289. The average molecular weight is 383 g/mol. The fourth-order valence-electron chi connectivity index (χ4n) is 3.67. The highest BCUT2D eigenvalue weighted by Gasteiger charge is 2.36.